The van der Waals surface area contributed by atoms with Crippen molar-refractivity contribution in [1.82, 2.24) is 15.1 Å². The van der Waals surface area contributed by atoms with Crippen molar-refractivity contribution in [3.05, 3.63) is 58.2 Å². The van der Waals surface area contributed by atoms with E-state index in [4.69, 9.17) is 21.1 Å². The lowest BCUT2D eigenvalue weighted by atomic mass is 10.0. The Kier molecular flexibility index (Phi) is 4.41. The lowest BCUT2D eigenvalue weighted by Gasteiger charge is -2.50. The lowest BCUT2D eigenvalue weighted by Crippen LogP contribution is -2.65. The first-order chi connectivity index (χ1) is 14.4. The molecule has 2 amide bonds. The van der Waals surface area contributed by atoms with Gasteiger partial charge in [-0.25, -0.2) is 4.39 Å². The van der Waals surface area contributed by atoms with Gasteiger partial charge in [0.2, 0.25) is 5.76 Å². The maximum absolute atomic E-state index is 14.0. The monoisotopic (exact) mass is 435 g/mol. The summed E-state index contributed by atoms with van der Waals surface area (Å²) in [7, 11) is 0. The Balaban J connectivity index is 1.39. The summed E-state index contributed by atoms with van der Waals surface area (Å²) in [6, 6.07) is 4.50. The minimum Gasteiger partial charge on any atom is -0.479 e. The summed E-state index contributed by atoms with van der Waals surface area (Å²) in [6.45, 7) is 0.971. The van der Waals surface area contributed by atoms with Gasteiger partial charge in [-0.1, -0.05) is 23.7 Å². The van der Waals surface area contributed by atoms with Crippen LogP contribution < -0.4 is 5.32 Å². The minimum absolute atomic E-state index is 0.00619. The van der Waals surface area contributed by atoms with Crippen LogP contribution in [0.1, 0.15) is 24.8 Å². The molecule has 0 aromatic heterocycles. The number of benzene rings is 1. The molecule has 1 saturated carbocycles. The van der Waals surface area contributed by atoms with Crippen molar-refractivity contribution in [3.8, 4) is 0 Å². The van der Waals surface area contributed by atoms with E-state index in [1.807, 2.05) is 0 Å². The number of nitrogens with one attached hydrogen (secondary N) is 1. The molecule has 1 aromatic carbocycles. The molecule has 8 nitrogen and oxygen atoms in total. The van der Waals surface area contributed by atoms with E-state index in [1.54, 1.807) is 15.9 Å². The maximum Gasteiger partial charge on any atom is 0.313 e. The van der Waals surface area contributed by atoms with Crippen LogP contribution in [0.5, 0.6) is 0 Å². The van der Waals surface area contributed by atoms with Gasteiger partial charge in [-0.3, -0.25) is 9.59 Å². The molecule has 1 spiro atoms. The average Bonchev–Trinajstić information content (AvgIpc) is 3.54. The number of aliphatic hydroxyl groups excluding tert-OH is 1. The minimum atomic E-state index is -0.657. The predicted molar refractivity (Wildman–Crippen MR) is 102 cm³/mol. The Morgan fingerprint density at radius 2 is 2.20 bits per heavy atom. The highest BCUT2D eigenvalue weighted by Crippen LogP contribution is 2.54. The van der Waals surface area contributed by atoms with Crippen LogP contribution in [-0.2, 0) is 25.6 Å². The van der Waals surface area contributed by atoms with E-state index in [2.05, 4.69) is 5.32 Å². The molecule has 2 saturated heterocycles. The zero-order valence-electron chi connectivity index (χ0n) is 15.9. The molecule has 30 heavy (non-hydrogen) atoms. The molecule has 1 aromatic rings. The molecule has 1 aliphatic carbocycles. The molecule has 2 N–H and O–H groups in total. The molecule has 10 heteroatoms. The summed E-state index contributed by atoms with van der Waals surface area (Å²) >= 11 is 5.76. The molecule has 0 bridgehead atoms. The van der Waals surface area contributed by atoms with Gasteiger partial charge in [0.25, 0.3) is 11.8 Å². The smallest absolute Gasteiger partial charge is 0.313 e. The number of rotatable bonds is 3. The molecular weight excluding hydrogens is 417 g/mol. The molecule has 158 valence electrons. The first kappa shape index (κ1) is 19.2. The molecule has 1 unspecified atom stereocenters. The summed E-state index contributed by atoms with van der Waals surface area (Å²) < 4.78 is 25.2. The first-order valence-electron chi connectivity index (χ1n) is 9.68. The third kappa shape index (κ3) is 2.84. The van der Waals surface area contributed by atoms with Crippen LogP contribution in [0, 0.1) is 5.82 Å². The number of carbonyl (C=O) groups excluding carboxylic acids is 2. The van der Waals surface area contributed by atoms with Crippen molar-refractivity contribution in [2.75, 3.05) is 13.2 Å². The van der Waals surface area contributed by atoms with Crippen molar-refractivity contribution in [1.29, 1.82) is 0 Å². The number of carbonyl (C=O) groups is 2. The maximum atomic E-state index is 14.0. The number of halogens is 2. The molecule has 1 atom stereocenters. The number of hydrogen-bond acceptors (Lipinski definition) is 6. The molecular formula is C20H19ClFN3O5. The van der Waals surface area contributed by atoms with Crippen molar-refractivity contribution >= 4 is 23.4 Å². The molecule has 3 heterocycles. The van der Waals surface area contributed by atoms with Gasteiger partial charge in [0, 0.05) is 18.7 Å². The average molecular weight is 436 g/mol. The Labute approximate surface area is 176 Å². The first-order valence-corrected chi connectivity index (χ1v) is 10.1. The fourth-order valence-corrected chi connectivity index (χ4v) is 4.42. The molecule has 3 aliphatic heterocycles. The van der Waals surface area contributed by atoms with Crippen LogP contribution in [0.15, 0.2) is 41.8 Å². The number of piperazine rings is 1. The van der Waals surface area contributed by atoms with Crippen LogP contribution in [-0.4, -0.2) is 51.6 Å². The van der Waals surface area contributed by atoms with Gasteiger partial charge in [-0.2, -0.15) is 0 Å². The lowest BCUT2D eigenvalue weighted by molar-refractivity contribution is -0.179. The standard InChI is InChI=1S/C20H19ClFN3O5/c21-12-4-1-3-11(14(12)22)9-23-16(26)13-10-25-15(18(28)30-13)17(27)24-7-2-8-29-19(24)20(25)5-6-20/h1,3-4,10,19,28H,2,5-9H2,(H,23,26). The Morgan fingerprint density at radius 1 is 1.40 bits per heavy atom. The number of ether oxygens (including phenoxy) is 2. The summed E-state index contributed by atoms with van der Waals surface area (Å²) in [5.74, 6) is -2.49. The Hall–Kier alpha value is -2.78. The van der Waals surface area contributed by atoms with E-state index in [1.165, 1.54) is 18.3 Å². The highest BCUT2D eigenvalue weighted by atomic mass is 35.5. The summed E-state index contributed by atoms with van der Waals surface area (Å²) in [5.41, 5.74) is -0.302. The van der Waals surface area contributed by atoms with Gasteiger partial charge < -0.3 is 29.7 Å². The second kappa shape index (κ2) is 6.88. The highest BCUT2D eigenvalue weighted by molar-refractivity contribution is 6.30. The van der Waals surface area contributed by atoms with Crippen LogP contribution in [0.2, 0.25) is 5.02 Å². The summed E-state index contributed by atoms with van der Waals surface area (Å²) in [4.78, 5) is 28.8. The quantitative estimate of drug-likeness (QED) is 0.755. The second-order valence-electron chi connectivity index (χ2n) is 7.69. The van der Waals surface area contributed by atoms with Gasteiger partial charge in [0.15, 0.2) is 11.9 Å². The summed E-state index contributed by atoms with van der Waals surface area (Å²) in [6.07, 6.45) is 3.19. The van der Waals surface area contributed by atoms with Gasteiger partial charge in [0.05, 0.1) is 23.4 Å². The highest BCUT2D eigenvalue weighted by Gasteiger charge is 2.64. The molecule has 0 radical (unpaired) electrons. The molecule has 4 aliphatic rings. The molecule has 3 fully saturated rings. The van der Waals surface area contributed by atoms with E-state index < -0.39 is 35.3 Å². The van der Waals surface area contributed by atoms with Gasteiger partial charge >= 0.3 is 5.95 Å². The third-order valence-corrected chi connectivity index (χ3v) is 6.15. The Morgan fingerprint density at radius 3 is 2.97 bits per heavy atom. The van der Waals surface area contributed by atoms with Gasteiger partial charge in [0.1, 0.15) is 5.82 Å². The third-order valence-electron chi connectivity index (χ3n) is 5.86. The van der Waals surface area contributed by atoms with E-state index in [0.29, 0.717) is 13.2 Å². The van der Waals surface area contributed by atoms with Crippen molar-refractivity contribution in [2.45, 2.75) is 37.6 Å². The van der Waals surface area contributed by atoms with Crippen molar-refractivity contribution in [3.63, 3.8) is 0 Å². The fraction of sp³-hybridized carbons (Fsp3) is 0.400. The van der Waals surface area contributed by atoms with E-state index in [9.17, 15) is 19.1 Å². The van der Waals surface area contributed by atoms with Crippen LogP contribution in [0.25, 0.3) is 0 Å². The van der Waals surface area contributed by atoms with Gasteiger partial charge in [-0.15, -0.1) is 0 Å². The zero-order chi connectivity index (χ0) is 21.0. The van der Waals surface area contributed by atoms with E-state index in [0.717, 1.165) is 19.3 Å². The largest absolute Gasteiger partial charge is 0.479 e. The van der Waals surface area contributed by atoms with Crippen molar-refractivity contribution in [2.24, 2.45) is 0 Å². The number of nitrogens with zero attached hydrogens (tertiary/aromatic N) is 2. The van der Waals surface area contributed by atoms with E-state index in [-0.39, 0.29) is 28.6 Å². The van der Waals surface area contributed by atoms with Crippen LogP contribution >= 0.6 is 11.6 Å². The topological polar surface area (TPSA) is 91.3 Å². The predicted octanol–water partition coefficient (Wildman–Crippen LogP) is 2.12. The second-order valence-corrected chi connectivity index (χ2v) is 8.10. The number of amides is 2. The Bertz CT molecular complexity index is 1010. The SMILES string of the molecule is O=C(NCc1cccc(Cl)c1F)C1=CN2C(=C(O)O1)C(=O)N1CCCOC1C21CC1. The van der Waals surface area contributed by atoms with Crippen molar-refractivity contribution < 1.29 is 28.6 Å². The fourth-order valence-electron chi connectivity index (χ4n) is 4.22. The summed E-state index contributed by atoms with van der Waals surface area (Å²) in [5, 5.41) is 12.9. The van der Waals surface area contributed by atoms with Crippen LogP contribution in [0.3, 0.4) is 0 Å². The normalized spacial score (nSPS) is 24.1. The number of hydrogen-bond donors (Lipinski definition) is 2. The zero-order valence-corrected chi connectivity index (χ0v) is 16.6. The van der Waals surface area contributed by atoms with E-state index >= 15 is 0 Å². The molecule has 5 rings (SSSR count). The van der Waals surface area contributed by atoms with Gasteiger partial charge in [-0.05, 0) is 25.3 Å². The number of fused-ring (bicyclic) bond motifs is 4. The van der Waals surface area contributed by atoms with Crippen LogP contribution in [0.4, 0.5) is 4.39 Å². The number of aliphatic hydroxyl groups is 1.